The summed E-state index contributed by atoms with van der Waals surface area (Å²) in [4.78, 5) is 22.5. The van der Waals surface area contributed by atoms with Crippen molar-refractivity contribution in [3.8, 4) is 5.75 Å². The number of carbonyl (C=O) groups is 2. The quantitative estimate of drug-likeness (QED) is 0.778. The Balaban J connectivity index is 2.76. The van der Waals surface area contributed by atoms with Crippen LogP contribution in [0.1, 0.15) is 6.92 Å². The van der Waals surface area contributed by atoms with Crippen molar-refractivity contribution < 1.29 is 19.1 Å². The minimum atomic E-state index is -0.846. The van der Waals surface area contributed by atoms with E-state index in [0.717, 1.165) is 8.95 Å². The van der Waals surface area contributed by atoms with E-state index in [9.17, 15) is 9.59 Å². The minimum Gasteiger partial charge on any atom is -0.488 e. The molecule has 0 bridgehead atoms. The minimum absolute atomic E-state index is 0.0204. The first-order valence-corrected chi connectivity index (χ1v) is 6.96. The van der Waals surface area contributed by atoms with Crippen molar-refractivity contribution in [2.24, 2.45) is 0 Å². The molecule has 0 heterocycles. The molecular weight excluding hydrogens is 382 g/mol. The van der Waals surface area contributed by atoms with Crippen LogP contribution in [0.3, 0.4) is 0 Å². The maximum Gasteiger partial charge on any atom is 0.331 e. The predicted octanol–water partition coefficient (Wildman–Crippen LogP) is 2.27. The van der Waals surface area contributed by atoms with Gasteiger partial charge in [-0.25, -0.2) is 4.79 Å². The fourth-order valence-electron chi connectivity index (χ4n) is 1.34. The van der Waals surface area contributed by atoms with E-state index < -0.39 is 12.0 Å². The first-order valence-electron chi connectivity index (χ1n) is 5.37. The summed E-state index contributed by atoms with van der Waals surface area (Å²) in [6, 6.07) is 4.62. The summed E-state index contributed by atoms with van der Waals surface area (Å²) < 4.78 is 11.6. The van der Waals surface area contributed by atoms with Crippen molar-refractivity contribution in [2.75, 3.05) is 13.7 Å². The zero-order chi connectivity index (χ0) is 14.4. The van der Waals surface area contributed by atoms with Gasteiger partial charge in [-0.05, 0) is 44.0 Å². The maximum absolute atomic E-state index is 11.5. The predicted molar refractivity (Wildman–Crippen MR) is 77.0 cm³/mol. The third-order valence-corrected chi connectivity index (χ3v) is 3.43. The summed E-state index contributed by atoms with van der Waals surface area (Å²) in [5.41, 5.74) is 0. The number of methoxy groups -OCH3 is 1. The lowest BCUT2D eigenvalue weighted by Crippen LogP contribution is -2.44. The Morgan fingerprint density at radius 3 is 2.37 bits per heavy atom. The van der Waals surface area contributed by atoms with E-state index in [1.54, 1.807) is 0 Å². The molecule has 0 aromatic heterocycles. The first-order chi connectivity index (χ1) is 8.95. The highest BCUT2D eigenvalue weighted by Crippen LogP contribution is 2.32. The fourth-order valence-corrected chi connectivity index (χ4v) is 2.57. The Kier molecular flexibility index (Phi) is 6.30. The van der Waals surface area contributed by atoms with E-state index >= 15 is 0 Å². The average Bonchev–Trinajstić information content (AvgIpc) is 2.35. The number of halogens is 2. The topological polar surface area (TPSA) is 64.6 Å². The molecule has 1 aromatic carbocycles. The second-order valence-corrected chi connectivity index (χ2v) is 5.35. The van der Waals surface area contributed by atoms with Gasteiger partial charge in [0.2, 0.25) is 5.91 Å². The van der Waals surface area contributed by atoms with Crippen LogP contribution in [0.2, 0.25) is 0 Å². The molecule has 19 heavy (non-hydrogen) atoms. The Labute approximate surface area is 127 Å². The van der Waals surface area contributed by atoms with E-state index in [1.165, 1.54) is 14.0 Å². The van der Waals surface area contributed by atoms with Gasteiger partial charge in [-0.2, -0.15) is 0 Å². The molecule has 0 aliphatic carbocycles. The number of benzene rings is 1. The number of hydrogen-bond acceptors (Lipinski definition) is 4. The molecule has 0 radical (unpaired) electrons. The van der Waals surface area contributed by atoms with E-state index in [-0.39, 0.29) is 12.5 Å². The lowest BCUT2D eigenvalue weighted by Gasteiger charge is -2.17. The molecule has 0 spiro atoms. The molecule has 5 nitrogen and oxygen atoms in total. The molecule has 0 aliphatic heterocycles. The van der Waals surface area contributed by atoms with Gasteiger partial charge in [0.05, 0.1) is 16.1 Å². The molecule has 1 amide bonds. The summed E-state index contributed by atoms with van der Waals surface area (Å²) >= 11 is 6.69. The van der Waals surface area contributed by atoms with Crippen LogP contribution in [-0.2, 0) is 14.3 Å². The average molecular weight is 395 g/mol. The molecule has 1 N–H and O–H groups in total. The van der Waals surface area contributed by atoms with Gasteiger partial charge < -0.3 is 14.8 Å². The van der Waals surface area contributed by atoms with E-state index in [2.05, 4.69) is 41.9 Å². The van der Waals surface area contributed by atoms with Crippen LogP contribution in [0.25, 0.3) is 0 Å². The van der Waals surface area contributed by atoms with Crippen LogP contribution in [0.4, 0.5) is 0 Å². The van der Waals surface area contributed by atoms with Gasteiger partial charge in [0.1, 0.15) is 12.4 Å². The molecular formula is C12H13Br2NO4. The standard InChI is InChI=1S/C12H13Br2NO4/c1-7(16)15-10(12(17)18-2)6-19-11-8(13)4-3-5-9(11)14/h3-5,10H,6H2,1-2H3,(H,15,16). The first kappa shape index (κ1) is 16.0. The highest BCUT2D eigenvalue weighted by atomic mass is 79.9. The molecule has 1 rings (SSSR count). The van der Waals surface area contributed by atoms with Crippen molar-refractivity contribution in [1.29, 1.82) is 0 Å². The summed E-state index contributed by atoms with van der Waals surface area (Å²) in [7, 11) is 1.26. The number of carbonyl (C=O) groups excluding carboxylic acids is 2. The number of rotatable bonds is 5. The number of amides is 1. The number of ether oxygens (including phenoxy) is 2. The van der Waals surface area contributed by atoms with Gasteiger partial charge in [-0.3, -0.25) is 4.79 Å². The van der Waals surface area contributed by atoms with Crippen molar-refractivity contribution in [3.05, 3.63) is 27.1 Å². The van der Waals surface area contributed by atoms with Crippen LogP contribution in [0.15, 0.2) is 27.1 Å². The number of hydrogen-bond donors (Lipinski definition) is 1. The number of nitrogens with one attached hydrogen (secondary N) is 1. The summed E-state index contributed by atoms with van der Waals surface area (Å²) in [6.45, 7) is 1.30. The normalized spacial score (nSPS) is 11.6. The molecule has 1 atom stereocenters. The van der Waals surface area contributed by atoms with E-state index in [4.69, 9.17) is 4.74 Å². The van der Waals surface area contributed by atoms with Crippen molar-refractivity contribution in [3.63, 3.8) is 0 Å². The third kappa shape index (κ3) is 4.83. The van der Waals surface area contributed by atoms with Crippen LogP contribution in [-0.4, -0.2) is 31.6 Å². The Hall–Kier alpha value is -1.08. The lowest BCUT2D eigenvalue weighted by molar-refractivity contribution is -0.145. The lowest BCUT2D eigenvalue weighted by atomic mass is 10.3. The molecule has 0 fully saturated rings. The van der Waals surface area contributed by atoms with Gasteiger partial charge in [0.25, 0.3) is 0 Å². The highest BCUT2D eigenvalue weighted by Gasteiger charge is 2.21. The Morgan fingerprint density at radius 1 is 1.32 bits per heavy atom. The van der Waals surface area contributed by atoms with Crippen LogP contribution in [0, 0.1) is 0 Å². The fraction of sp³-hybridized carbons (Fsp3) is 0.333. The van der Waals surface area contributed by atoms with Crippen LogP contribution in [0.5, 0.6) is 5.75 Å². The van der Waals surface area contributed by atoms with Crippen molar-refractivity contribution in [1.82, 2.24) is 5.32 Å². The Bertz CT molecular complexity index is 459. The smallest absolute Gasteiger partial charge is 0.331 e. The molecule has 1 aromatic rings. The van der Waals surface area contributed by atoms with Gasteiger partial charge in [-0.15, -0.1) is 0 Å². The SMILES string of the molecule is COC(=O)C(COc1c(Br)cccc1Br)NC(C)=O. The van der Waals surface area contributed by atoms with Gasteiger partial charge in [-0.1, -0.05) is 6.07 Å². The second-order valence-electron chi connectivity index (χ2n) is 3.64. The van der Waals surface area contributed by atoms with Crippen LogP contribution < -0.4 is 10.1 Å². The van der Waals surface area contributed by atoms with Crippen LogP contribution >= 0.6 is 31.9 Å². The maximum atomic E-state index is 11.5. The van der Waals surface area contributed by atoms with E-state index in [0.29, 0.717) is 5.75 Å². The molecule has 0 saturated carbocycles. The third-order valence-electron chi connectivity index (χ3n) is 2.18. The summed E-state index contributed by atoms with van der Waals surface area (Å²) in [5.74, 6) is -0.328. The molecule has 7 heteroatoms. The Morgan fingerprint density at radius 2 is 1.89 bits per heavy atom. The number of para-hydroxylation sites is 1. The van der Waals surface area contributed by atoms with Gasteiger partial charge >= 0.3 is 5.97 Å². The van der Waals surface area contributed by atoms with E-state index in [1.807, 2.05) is 18.2 Å². The zero-order valence-electron chi connectivity index (χ0n) is 10.4. The molecule has 0 aliphatic rings. The van der Waals surface area contributed by atoms with Crippen molar-refractivity contribution >= 4 is 43.7 Å². The molecule has 0 saturated heterocycles. The van der Waals surface area contributed by atoms with Gasteiger partial charge in [0, 0.05) is 6.92 Å². The number of esters is 1. The summed E-state index contributed by atoms with van der Waals surface area (Å²) in [6.07, 6.45) is 0. The monoisotopic (exact) mass is 393 g/mol. The largest absolute Gasteiger partial charge is 0.488 e. The van der Waals surface area contributed by atoms with Crippen molar-refractivity contribution in [2.45, 2.75) is 13.0 Å². The highest BCUT2D eigenvalue weighted by molar-refractivity contribution is 9.11. The molecule has 1 unspecified atom stereocenters. The zero-order valence-corrected chi connectivity index (χ0v) is 13.6. The van der Waals surface area contributed by atoms with Gasteiger partial charge in [0.15, 0.2) is 6.04 Å². The second kappa shape index (κ2) is 7.49. The summed E-state index contributed by atoms with van der Waals surface area (Å²) in [5, 5.41) is 2.47. The molecule has 104 valence electrons.